The predicted octanol–water partition coefficient (Wildman–Crippen LogP) is 1.77. The van der Waals surface area contributed by atoms with Crippen molar-refractivity contribution in [3.05, 3.63) is 28.8 Å². The summed E-state index contributed by atoms with van der Waals surface area (Å²) in [6.07, 6.45) is 5.44. The number of fused-ring (bicyclic) bond motifs is 1. The Hall–Kier alpha value is -0.926. The van der Waals surface area contributed by atoms with Gasteiger partial charge in [0.1, 0.15) is 0 Å². The van der Waals surface area contributed by atoms with Crippen LogP contribution >= 0.6 is 0 Å². The van der Waals surface area contributed by atoms with Crippen molar-refractivity contribution < 1.29 is 36.1 Å². The van der Waals surface area contributed by atoms with Crippen LogP contribution in [0.5, 0.6) is 0 Å². The zero-order chi connectivity index (χ0) is 13.0. The molecule has 90 valence electrons. The van der Waals surface area contributed by atoms with E-state index in [2.05, 4.69) is 39.4 Å². The van der Waals surface area contributed by atoms with Crippen molar-refractivity contribution in [1.29, 1.82) is 0 Å². The van der Waals surface area contributed by atoms with Crippen molar-refractivity contribution in [2.75, 3.05) is 0 Å². The van der Waals surface area contributed by atoms with Crippen LogP contribution in [-0.2, 0) is 48.9 Å². The molecule has 0 atom stereocenters. The molecule has 0 N–H and O–H groups in total. The van der Waals surface area contributed by atoms with Crippen molar-refractivity contribution in [3.8, 4) is 0 Å². The van der Waals surface area contributed by atoms with E-state index in [4.69, 9.17) is 14.4 Å². The van der Waals surface area contributed by atoms with E-state index >= 15 is 0 Å². The van der Waals surface area contributed by atoms with Gasteiger partial charge in [0.05, 0.1) is 0 Å². The van der Waals surface area contributed by atoms with Crippen molar-refractivity contribution in [2.45, 2.75) is 32.6 Å². The fourth-order valence-electron chi connectivity index (χ4n) is 1.87. The Morgan fingerprint density at radius 3 is 1.94 bits per heavy atom. The van der Waals surface area contributed by atoms with E-state index in [9.17, 15) is 0 Å². The molecule has 0 saturated heterocycles. The molecule has 0 fully saturated rings. The van der Waals surface area contributed by atoms with Gasteiger partial charge in [0.15, 0.2) is 0 Å². The van der Waals surface area contributed by atoms with Gasteiger partial charge in [-0.05, 0) is 0 Å². The molecule has 1 aromatic carbocycles. The molecule has 3 nitrogen and oxygen atoms in total. The number of rotatable bonds is 0. The fraction of sp³-hybridized carbons (Fsp3) is 0.385. The normalized spacial score (nSPS) is 10.6. The van der Waals surface area contributed by atoms with Crippen molar-refractivity contribution in [2.24, 2.45) is 0 Å². The summed E-state index contributed by atoms with van der Waals surface area (Å²) in [5.41, 5.74) is 4.68. The van der Waals surface area contributed by atoms with Gasteiger partial charge < -0.3 is 14.4 Å². The first kappa shape index (κ1) is 21.4. The quantitative estimate of drug-likeness (QED) is 0.409. The van der Waals surface area contributed by atoms with Crippen LogP contribution in [0.2, 0.25) is 0 Å². The van der Waals surface area contributed by atoms with Crippen LogP contribution in [0.25, 0.3) is 0 Å². The smallest absolute Gasteiger partial charge is 0.545 e. The summed E-state index contributed by atoms with van der Waals surface area (Å²) in [5.74, 6) is 0. The van der Waals surface area contributed by atoms with E-state index in [1.165, 1.54) is 31.2 Å². The van der Waals surface area contributed by atoms with Crippen LogP contribution in [0.3, 0.4) is 0 Å². The van der Waals surface area contributed by atoms with Gasteiger partial charge in [-0.25, -0.2) is 6.07 Å². The molecule has 0 radical (unpaired) electrons. The number of hydrogen-bond donors (Lipinski definition) is 0. The van der Waals surface area contributed by atoms with E-state index in [1.807, 2.05) is 0 Å². The van der Waals surface area contributed by atoms with Gasteiger partial charge in [-0.1, -0.05) is 32.6 Å². The summed E-state index contributed by atoms with van der Waals surface area (Å²) in [6.45, 7) is 11.9. The van der Waals surface area contributed by atoms with Crippen LogP contribution in [0.15, 0.2) is 12.1 Å². The molecule has 0 aromatic heterocycles. The molecule has 17 heavy (non-hydrogen) atoms. The first-order valence-electron chi connectivity index (χ1n) is 4.82. The predicted molar refractivity (Wildman–Crippen MR) is 63.7 cm³/mol. The van der Waals surface area contributed by atoms with Gasteiger partial charge in [0, 0.05) is 0 Å². The minimum Gasteiger partial charge on any atom is -0.545 e. The molecule has 0 saturated carbocycles. The molecular formula is C13H16O3Ti. The Balaban J connectivity index is -0.000000248. The summed E-state index contributed by atoms with van der Waals surface area (Å²) >= 11 is 0. The maximum atomic E-state index is 7.75. The van der Waals surface area contributed by atoms with Crippen LogP contribution in [0.1, 0.15) is 29.5 Å². The van der Waals surface area contributed by atoms with Gasteiger partial charge in [0.2, 0.25) is 0 Å². The average molecular weight is 268 g/mol. The molecule has 1 aliphatic rings. The SMILES string of the molecule is Cc1cc2c([cH-]1)CCCC2.[CH-]=O.[CH-]=O.[CH-]=O.[Ti+4]. The Morgan fingerprint density at radius 2 is 1.47 bits per heavy atom. The third-order valence-corrected chi connectivity index (χ3v) is 2.36. The molecule has 0 heterocycles. The summed E-state index contributed by atoms with van der Waals surface area (Å²) < 4.78 is 0. The third kappa shape index (κ3) is 7.89. The van der Waals surface area contributed by atoms with E-state index in [-0.39, 0.29) is 21.7 Å². The zero-order valence-corrected chi connectivity index (χ0v) is 11.5. The number of hydrogen-bond acceptors (Lipinski definition) is 3. The molecule has 1 aliphatic carbocycles. The zero-order valence-electron chi connectivity index (χ0n) is 9.94. The Labute approximate surface area is 118 Å². The Kier molecular flexibility index (Phi) is 18.9. The first-order valence-corrected chi connectivity index (χ1v) is 4.82. The second-order valence-corrected chi connectivity index (χ2v) is 3.29. The van der Waals surface area contributed by atoms with Gasteiger partial charge in [-0.3, -0.25) is 20.4 Å². The second-order valence-electron chi connectivity index (χ2n) is 3.29. The summed E-state index contributed by atoms with van der Waals surface area (Å²) in [6, 6.07) is 4.68. The first-order chi connectivity index (χ1) is 7.86. The van der Waals surface area contributed by atoms with Crippen molar-refractivity contribution in [3.63, 3.8) is 0 Å². The van der Waals surface area contributed by atoms with Gasteiger partial charge >= 0.3 is 21.7 Å². The number of aryl methyl sites for hydroxylation is 3. The van der Waals surface area contributed by atoms with Gasteiger partial charge in [-0.2, -0.15) is 22.8 Å². The average Bonchev–Trinajstić information content (AvgIpc) is 2.76. The molecule has 0 bridgehead atoms. The van der Waals surface area contributed by atoms with Gasteiger partial charge in [0.25, 0.3) is 0 Å². The summed E-state index contributed by atoms with van der Waals surface area (Å²) in [7, 11) is 0. The fourth-order valence-corrected chi connectivity index (χ4v) is 1.87. The summed E-state index contributed by atoms with van der Waals surface area (Å²) in [5, 5.41) is 0. The Morgan fingerprint density at radius 1 is 1.00 bits per heavy atom. The van der Waals surface area contributed by atoms with Crippen molar-refractivity contribution >= 4 is 20.4 Å². The monoisotopic (exact) mass is 268 g/mol. The molecule has 0 spiro atoms. The Bertz CT molecular complexity index is 256. The summed E-state index contributed by atoms with van der Waals surface area (Å²) in [4.78, 5) is 23.2. The van der Waals surface area contributed by atoms with E-state index in [0.29, 0.717) is 0 Å². The minimum atomic E-state index is 0. The number of carbonyl (C=O) groups excluding carboxylic acids is 3. The van der Waals surface area contributed by atoms with Crippen LogP contribution in [-0.4, -0.2) is 20.4 Å². The molecule has 4 heteroatoms. The standard InChI is InChI=1S/C10H13.3CHO.Ti/c1-8-6-9-4-2-3-5-10(9)7-8;3*1-2;/h6-7H,2-5H2,1H3;3*1H;/q4*-1;+4. The third-order valence-electron chi connectivity index (χ3n) is 2.36. The maximum absolute atomic E-state index is 7.75. The van der Waals surface area contributed by atoms with Crippen molar-refractivity contribution in [1.82, 2.24) is 0 Å². The van der Waals surface area contributed by atoms with Crippen LogP contribution < -0.4 is 0 Å². The molecule has 0 amide bonds. The second kappa shape index (κ2) is 15.1. The minimum absolute atomic E-state index is 0. The van der Waals surface area contributed by atoms with E-state index in [0.717, 1.165) is 0 Å². The topological polar surface area (TPSA) is 51.2 Å². The van der Waals surface area contributed by atoms with E-state index in [1.54, 1.807) is 11.1 Å². The molecular weight excluding hydrogens is 252 g/mol. The molecule has 2 rings (SSSR count). The van der Waals surface area contributed by atoms with Gasteiger partial charge in [-0.15, -0.1) is 0 Å². The van der Waals surface area contributed by atoms with E-state index < -0.39 is 0 Å². The molecule has 1 aromatic rings. The van der Waals surface area contributed by atoms with Crippen LogP contribution in [0.4, 0.5) is 0 Å². The maximum Gasteiger partial charge on any atom is 4.00 e. The molecule has 0 aliphatic heterocycles. The molecule has 0 unspecified atom stereocenters. The van der Waals surface area contributed by atoms with Crippen LogP contribution in [0, 0.1) is 6.92 Å². The largest absolute Gasteiger partial charge is 4.00 e.